The van der Waals surface area contributed by atoms with Crippen molar-refractivity contribution in [2.75, 3.05) is 6.54 Å². The van der Waals surface area contributed by atoms with Crippen molar-refractivity contribution < 1.29 is 4.79 Å². The largest absolute Gasteiger partial charge is 0.354 e. The predicted octanol–water partition coefficient (Wildman–Crippen LogP) is 1.70. The van der Waals surface area contributed by atoms with Crippen LogP contribution < -0.4 is 5.32 Å². The molecular formula is C11H13BrClN5O. The topological polar surface area (TPSA) is 64.7 Å². The normalized spacial score (nSPS) is 10.6. The molecule has 8 heteroatoms. The molecule has 0 unspecified atom stereocenters. The molecule has 1 N–H and O–H groups in total. The minimum absolute atomic E-state index is 0.0610. The van der Waals surface area contributed by atoms with E-state index in [2.05, 4.69) is 31.4 Å². The summed E-state index contributed by atoms with van der Waals surface area (Å²) in [6.07, 6.45) is 7.55. The van der Waals surface area contributed by atoms with E-state index in [9.17, 15) is 4.79 Å². The highest BCUT2D eigenvalue weighted by atomic mass is 79.9. The van der Waals surface area contributed by atoms with Crippen LogP contribution in [0.2, 0.25) is 5.02 Å². The van der Waals surface area contributed by atoms with Gasteiger partial charge in [-0.3, -0.25) is 14.2 Å². The van der Waals surface area contributed by atoms with E-state index in [1.165, 1.54) is 0 Å². The van der Waals surface area contributed by atoms with Crippen molar-refractivity contribution in [2.45, 2.75) is 19.5 Å². The fraction of sp³-hybridized carbons (Fsp3) is 0.364. The lowest BCUT2D eigenvalue weighted by atomic mass is 10.4. The highest BCUT2D eigenvalue weighted by molar-refractivity contribution is 9.10. The molecule has 2 aromatic heterocycles. The van der Waals surface area contributed by atoms with Gasteiger partial charge in [-0.1, -0.05) is 11.6 Å². The van der Waals surface area contributed by atoms with Crippen LogP contribution in [-0.4, -0.2) is 32.0 Å². The van der Waals surface area contributed by atoms with E-state index in [-0.39, 0.29) is 12.5 Å². The van der Waals surface area contributed by atoms with Crippen LogP contribution in [0, 0.1) is 0 Å². The van der Waals surface area contributed by atoms with Gasteiger partial charge in [0.2, 0.25) is 5.91 Å². The third-order valence-corrected chi connectivity index (χ3v) is 3.00. The Labute approximate surface area is 123 Å². The maximum atomic E-state index is 11.6. The van der Waals surface area contributed by atoms with Crippen LogP contribution in [0.1, 0.15) is 6.42 Å². The summed E-state index contributed by atoms with van der Waals surface area (Å²) in [5.41, 5.74) is 0. The van der Waals surface area contributed by atoms with E-state index in [1.807, 2.05) is 0 Å². The summed E-state index contributed by atoms with van der Waals surface area (Å²) in [7, 11) is 0. The van der Waals surface area contributed by atoms with Gasteiger partial charge >= 0.3 is 0 Å². The molecule has 0 aliphatic carbocycles. The standard InChI is InChI=1S/C11H13BrClN5O/c12-9-4-15-18(6-9)8-11(19)14-2-1-3-17-7-10(13)5-16-17/h4-7H,1-3,8H2,(H,14,19). The average Bonchev–Trinajstić information content (AvgIpc) is 2.94. The third kappa shape index (κ3) is 4.68. The number of nitrogens with one attached hydrogen (secondary N) is 1. The van der Waals surface area contributed by atoms with Gasteiger partial charge in [-0.15, -0.1) is 0 Å². The Balaban J connectivity index is 1.64. The molecule has 2 heterocycles. The average molecular weight is 347 g/mol. The van der Waals surface area contributed by atoms with Crippen LogP contribution in [0.25, 0.3) is 0 Å². The lowest BCUT2D eigenvalue weighted by Gasteiger charge is -2.05. The van der Waals surface area contributed by atoms with Gasteiger partial charge in [-0.05, 0) is 22.4 Å². The summed E-state index contributed by atoms with van der Waals surface area (Å²) in [5.74, 6) is -0.0610. The van der Waals surface area contributed by atoms with Crippen LogP contribution in [0.4, 0.5) is 0 Å². The second-order valence-corrected chi connectivity index (χ2v) is 5.33. The van der Waals surface area contributed by atoms with Gasteiger partial charge in [0.05, 0.1) is 21.9 Å². The molecule has 0 aliphatic rings. The summed E-state index contributed by atoms with van der Waals surface area (Å²) in [5, 5.41) is 11.5. The van der Waals surface area contributed by atoms with Gasteiger partial charge in [0.15, 0.2) is 0 Å². The van der Waals surface area contributed by atoms with Gasteiger partial charge in [0, 0.05) is 25.5 Å². The monoisotopic (exact) mass is 345 g/mol. The van der Waals surface area contributed by atoms with E-state index in [1.54, 1.807) is 34.2 Å². The molecule has 0 bridgehead atoms. The molecule has 0 aliphatic heterocycles. The molecular weight excluding hydrogens is 334 g/mol. The lowest BCUT2D eigenvalue weighted by Crippen LogP contribution is -2.29. The molecule has 0 radical (unpaired) electrons. The molecule has 2 rings (SSSR count). The molecule has 0 atom stereocenters. The van der Waals surface area contributed by atoms with Gasteiger partial charge in [-0.25, -0.2) is 0 Å². The second kappa shape index (κ2) is 6.72. The first-order valence-electron chi connectivity index (χ1n) is 5.76. The number of carbonyl (C=O) groups is 1. The summed E-state index contributed by atoms with van der Waals surface area (Å²) in [4.78, 5) is 11.6. The first-order valence-corrected chi connectivity index (χ1v) is 6.93. The quantitative estimate of drug-likeness (QED) is 0.810. The smallest absolute Gasteiger partial charge is 0.241 e. The van der Waals surface area contributed by atoms with E-state index in [0.717, 1.165) is 17.4 Å². The number of nitrogens with zero attached hydrogens (tertiary/aromatic N) is 4. The van der Waals surface area contributed by atoms with Gasteiger partial charge < -0.3 is 5.32 Å². The summed E-state index contributed by atoms with van der Waals surface area (Å²) < 4.78 is 4.18. The number of hydrogen-bond donors (Lipinski definition) is 1. The van der Waals surface area contributed by atoms with Crippen molar-refractivity contribution >= 4 is 33.4 Å². The molecule has 0 aromatic carbocycles. The van der Waals surface area contributed by atoms with Crippen molar-refractivity contribution in [3.05, 3.63) is 34.3 Å². The van der Waals surface area contributed by atoms with E-state index < -0.39 is 0 Å². The molecule has 0 spiro atoms. The number of aryl methyl sites for hydroxylation is 1. The Bertz CT molecular complexity index is 553. The summed E-state index contributed by atoms with van der Waals surface area (Å²) in [6, 6.07) is 0. The first kappa shape index (κ1) is 14.1. The molecule has 102 valence electrons. The molecule has 0 fully saturated rings. The van der Waals surface area contributed by atoms with Gasteiger partial charge in [-0.2, -0.15) is 10.2 Å². The third-order valence-electron chi connectivity index (χ3n) is 2.40. The Kier molecular flexibility index (Phi) is 4.98. The van der Waals surface area contributed by atoms with Crippen LogP contribution in [0.15, 0.2) is 29.3 Å². The van der Waals surface area contributed by atoms with E-state index in [0.29, 0.717) is 11.6 Å². The van der Waals surface area contributed by atoms with Crippen LogP contribution >= 0.6 is 27.5 Å². The Hall–Kier alpha value is -1.34. The Morgan fingerprint density at radius 2 is 2.11 bits per heavy atom. The van der Waals surface area contributed by atoms with Crippen molar-refractivity contribution in [1.82, 2.24) is 24.9 Å². The molecule has 19 heavy (non-hydrogen) atoms. The van der Waals surface area contributed by atoms with Crippen LogP contribution in [0.3, 0.4) is 0 Å². The SMILES string of the molecule is O=C(Cn1cc(Br)cn1)NCCCn1cc(Cl)cn1. The fourth-order valence-corrected chi connectivity index (χ4v) is 2.04. The number of rotatable bonds is 6. The van der Waals surface area contributed by atoms with Gasteiger partial charge in [0.25, 0.3) is 0 Å². The number of carbonyl (C=O) groups excluding carboxylic acids is 1. The Morgan fingerprint density at radius 1 is 1.32 bits per heavy atom. The molecule has 6 nitrogen and oxygen atoms in total. The highest BCUT2D eigenvalue weighted by Crippen LogP contribution is 2.06. The minimum Gasteiger partial charge on any atom is -0.354 e. The van der Waals surface area contributed by atoms with Crippen molar-refractivity contribution in [3.8, 4) is 0 Å². The van der Waals surface area contributed by atoms with Crippen molar-refractivity contribution in [2.24, 2.45) is 0 Å². The van der Waals surface area contributed by atoms with Crippen LogP contribution in [0.5, 0.6) is 0 Å². The first-order chi connectivity index (χ1) is 9.13. The maximum Gasteiger partial charge on any atom is 0.241 e. The summed E-state index contributed by atoms with van der Waals surface area (Å²) in [6.45, 7) is 1.54. The predicted molar refractivity (Wildman–Crippen MR) is 74.8 cm³/mol. The number of halogens is 2. The molecule has 0 saturated heterocycles. The zero-order valence-corrected chi connectivity index (χ0v) is 12.4. The Morgan fingerprint density at radius 3 is 2.74 bits per heavy atom. The zero-order chi connectivity index (χ0) is 13.7. The van der Waals surface area contributed by atoms with Crippen molar-refractivity contribution in [1.29, 1.82) is 0 Å². The molecule has 0 saturated carbocycles. The number of amides is 1. The van der Waals surface area contributed by atoms with E-state index in [4.69, 9.17) is 11.6 Å². The minimum atomic E-state index is -0.0610. The maximum absolute atomic E-state index is 11.6. The summed E-state index contributed by atoms with van der Waals surface area (Å²) >= 11 is 9.03. The lowest BCUT2D eigenvalue weighted by molar-refractivity contribution is -0.121. The molecule has 2 aromatic rings. The van der Waals surface area contributed by atoms with Crippen molar-refractivity contribution in [3.63, 3.8) is 0 Å². The fourth-order valence-electron chi connectivity index (χ4n) is 1.56. The van der Waals surface area contributed by atoms with E-state index >= 15 is 0 Å². The zero-order valence-electron chi connectivity index (χ0n) is 10.1. The van der Waals surface area contributed by atoms with Gasteiger partial charge in [0.1, 0.15) is 6.54 Å². The number of hydrogen-bond acceptors (Lipinski definition) is 3. The van der Waals surface area contributed by atoms with Crippen LogP contribution in [-0.2, 0) is 17.9 Å². The molecule has 1 amide bonds. The second-order valence-electron chi connectivity index (χ2n) is 3.98. The highest BCUT2D eigenvalue weighted by Gasteiger charge is 2.03. The number of aromatic nitrogens is 4.